The maximum Gasteiger partial charge on any atom is 0.232 e. The van der Waals surface area contributed by atoms with Gasteiger partial charge in [-0.15, -0.1) is 0 Å². The molecule has 9 heteroatoms. The molecule has 156 valence electrons. The number of hydrogen-bond acceptors (Lipinski definition) is 9. The number of nitrogen functional groups attached to an aromatic ring is 1. The van der Waals surface area contributed by atoms with Crippen molar-refractivity contribution in [2.75, 3.05) is 30.7 Å². The third-order valence-corrected chi connectivity index (χ3v) is 5.75. The number of benzene rings is 1. The molecule has 2 saturated heterocycles. The zero-order chi connectivity index (χ0) is 20.4. The van der Waals surface area contributed by atoms with E-state index in [1.165, 1.54) is 0 Å². The second-order valence-electron chi connectivity index (χ2n) is 7.92. The Morgan fingerprint density at radius 3 is 2.79 bits per heavy atom. The third-order valence-electron chi connectivity index (χ3n) is 5.75. The highest BCUT2D eigenvalue weighted by molar-refractivity contribution is 5.54. The average Bonchev–Trinajstić information content (AvgIpc) is 2.67. The standard InChI is InChI=1S/C20H28N6O3/c1-13-3-2-4-14(11-13)22-19-24-16(23-18(21)25-19)12-26-8-6-20(7-9-26)17(28)15(27)5-10-29-20/h2-4,11,15,17,27-28H,5-10,12H2,1H3,(H3,21,22,23,24,25)/t15-,17-/m0/s1. The van der Waals surface area contributed by atoms with Crippen LogP contribution in [0.15, 0.2) is 24.3 Å². The van der Waals surface area contributed by atoms with Gasteiger partial charge in [0.05, 0.1) is 24.9 Å². The fraction of sp³-hybridized carbons (Fsp3) is 0.550. The molecule has 0 unspecified atom stereocenters. The topological polar surface area (TPSA) is 130 Å². The monoisotopic (exact) mass is 400 g/mol. The molecule has 2 atom stereocenters. The summed E-state index contributed by atoms with van der Waals surface area (Å²) in [6, 6.07) is 7.94. The summed E-state index contributed by atoms with van der Waals surface area (Å²) >= 11 is 0. The first kappa shape index (κ1) is 20.0. The molecular weight excluding hydrogens is 372 g/mol. The lowest BCUT2D eigenvalue weighted by Gasteiger charge is -2.48. The van der Waals surface area contributed by atoms with Crippen molar-refractivity contribution in [2.45, 2.75) is 50.5 Å². The van der Waals surface area contributed by atoms with Crippen molar-refractivity contribution in [3.8, 4) is 0 Å². The highest BCUT2D eigenvalue weighted by Crippen LogP contribution is 2.35. The Morgan fingerprint density at radius 2 is 2.03 bits per heavy atom. The minimum Gasteiger partial charge on any atom is -0.390 e. The van der Waals surface area contributed by atoms with E-state index in [0.717, 1.165) is 24.3 Å². The van der Waals surface area contributed by atoms with E-state index in [0.29, 0.717) is 44.2 Å². The summed E-state index contributed by atoms with van der Waals surface area (Å²) < 4.78 is 5.89. The van der Waals surface area contributed by atoms with Gasteiger partial charge >= 0.3 is 0 Å². The van der Waals surface area contributed by atoms with Crippen LogP contribution in [0.1, 0.15) is 30.7 Å². The van der Waals surface area contributed by atoms with Crippen LogP contribution in [0.4, 0.5) is 17.6 Å². The number of nitrogens with one attached hydrogen (secondary N) is 1. The van der Waals surface area contributed by atoms with Crippen LogP contribution in [0.3, 0.4) is 0 Å². The van der Waals surface area contributed by atoms with Gasteiger partial charge in [-0.25, -0.2) is 0 Å². The van der Waals surface area contributed by atoms with Gasteiger partial charge in [0.15, 0.2) is 0 Å². The molecule has 0 aliphatic carbocycles. The smallest absolute Gasteiger partial charge is 0.232 e. The van der Waals surface area contributed by atoms with Crippen molar-refractivity contribution in [1.29, 1.82) is 0 Å². The van der Waals surface area contributed by atoms with E-state index in [1.807, 2.05) is 31.2 Å². The van der Waals surface area contributed by atoms with Gasteiger partial charge < -0.3 is 26.0 Å². The Kier molecular flexibility index (Phi) is 5.64. The molecule has 5 N–H and O–H groups in total. The molecule has 29 heavy (non-hydrogen) atoms. The van der Waals surface area contributed by atoms with Crippen LogP contribution in [0, 0.1) is 6.92 Å². The van der Waals surface area contributed by atoms with Crippen LogP contribution in [0.5, 0.6) is 0 Å². The molecule has 0 saturated carbocycles. The quantitative estimate of drug-likeness (QED) is 0.593. The molecule has 2 aliphatic rings. The van der Waals surface area contributed by atoms with Crippen molar-refractivity contribution < 1.29 is 14.9 Å². The normalized spacial score (nSPS) is 24.5. The predicted molar refractivity (Wildman–Crippen MR) is 109 cm³/mol. The van der Waals surface area contributed by atoms with Crippen molar-refractivity contribution in [3.05, 3.63) is 35.7 Å². The summed E-state index contributed by atoms with van der Waals surface area (Å²) in [5, 5.41) is 23.6. The molecule has 4 rings (SSSR count). The summed E-state index contributed by atoms with van der Waals surface area (Å²) in [5.74, 6) is 1.18. The highest BCUT2D eigenvalue weighted by atomic mass is 16.5. The zero-order valence-corrected chi connectivity index (χ0v) is 16.6. The number of nitrogens with two attached hydrogens (primary N) is 1. The minimum atomic E-state index is -0.837. The number of likely N-dealkylation sites (tertiary alicyclic amines) is 1. The molecule has 0 bridgehead atoms. The second-order valence-corrected chi connectivity index (χ2v) is 7.92. The fourth-order valence-corrected chi connectivity index (χ4v) is 4.12. The van der Waals surface area contributed by atoms with Crippen LogP contribution in [-0.4, -0.2) is 67.6 Å². The molecule has 2 aliphatic heterocycles. The lowest BCUT2D eigenvalue weighted by atomic mass is 9.80. The second kappa shape index (κ2) is 8.19. The number of nitrogens with zero attached hydrogens (tertiary/aromatic N) is 4. The summed E-state index contributed by atoms with van der Waals surface area (Å²) in [7, 11) is 0. The van der Waals surface area contributed by atoms with E-state index in [4.69, 9.17) is 10.5 Å². The Hall–Kier alpha value is -2.33. The number of aliphatic hydroxyl groups is 2. The molecule has 0 amide bonds. The molecule has 1 aromatic heterocycles. The maximum absolute atomic E-state index is 10.4. The van der Waals surface area contributed by atoms with E-state index >= 15 is 0 Å². The van der Waals surface area contributed by atoms with E-state index in [9.17, 15) is 10.2 Å². The zero-order valence-electron chi connectivity index (χ0n) is 16.6. The predicted octanol–water partition coefficient (Wildman–Crippen LogP) is 0.983. The van der Waals surface area contributed by atoms with Crippen LogP contribution in [-0.2, 0) is 11.3 Å². The number of rotatable bonds is 4. The van der Waals surface area contributed by atoms with Crippen molar-refractivity contribution >= 4 is 17.6 Å². The molecular formula is C20H28N6O3. The Balaban J connectivity index is 1.40. The first-order chi connectivity index (χ1) is 13.9. The lowest BCUT2D eigenvalue weighted by molar-refractivity contribution is -0.214. The summed E-state index contributed by atoms with van der Waals surface area (Å²) in [6.45, 7) is 4.47. The van der Waals surface area contributed by atoms with Crippen molar-refractivity contribution in [1.82, 2.24) is 19.9 Å². The van der Waals surface area contributed by atoms with Gasteiger partial charge in [0.2, 0.25) is 11.9 Å². The number of aromatic nitrogens is 3. The minimum absolute atomic E-state index is 0.174. The molecule has 2 fully saturated rings. The van der Waals surface area contributed by atoms with E-state index in [-0.39, 0.29) is 5.95 Å². The number of piperidine rings is 1. The van der Waals surface area contributed by atoms with Gasteiger partial charge in [-0.3, -0.25) is 4.90 Å². The third kappa shape index (κ3) is 4.48. The number of hydrogen-bond donors (Lipinski definition) is 4. The largest absolute Gasteiger partial charge is 0.390 e. The maximum atomic E-state index is 10.4. The average molecular weight is 400 g/mol. The van der Waals surface area contributed by atoms with Crippen molar-refractivity contribution in [2.24, 2.45) is 0 Å². The van der Waals surface area contributed by atoms with Crippen LogP contribution >= 0.6 is 0 Å². The first-order valence-corrected chi connectivity index (χ1v) is 10.0. The molecule has 1 spiro atoms. The summed E-state index contributed by atoms with van der Waals surface area (Å²) in [5.41, 5.74) is 7.27. The Labute approximate surface area is 170 Å². The van der Waals surface area contributed by atoms with Crippen LogP contribution < -0.4 is 11.1 Å². The van der Waals surface area contributed by atoms with Crippen LogP contribution in [0.25, 0.3) is 0 Å². The van der Waals surface area contributed by atoms with Gasteiger partial charge in [0, 0.05) is 18.8 Å². The van der Waals surface area contributed by atoms with E-state index < -0.39 is 17.8 Å². The number of ether oxygens (including phenoxy) is 1. The number of anilines is 3. The molecule has 3 heterocycles. The van der Waals surface area contributed by atoms with Gasteiger partial charge in [-0.2, -0.15) is 15.0 Å². The summed E-state index contributed by atoms with van der Waals surface area (Å²) in [4.78, 5) is 15.2. The fourth-order valence-electron chi connectivity index (χ4n) is 4.12. The Bertz CT molecular complexity index is 856. The van der Waals surface area contributed by atoms with Crippen LogP contribution in [0.2, 0.25) is 0 Å². The molecule has 1 aromatic carbocycles. The SMILES string of the molecule is Cc1cccc(Nc2nc(N)nc(CN3CCC4(CC3)OCC[C@H](O)[C@@H]4O)n2)c1. The van der Waals surface area contributed by atoms with Gasteiger partial charge in [0.1, 0.15) is 11.9 Å². The summed E-state index contributed by atoms with van der Waals surface area (Å²) in [6.07, 6.45) is 0.235. The number of aliphatic hydroxyl groups excluding tert-OH is 2. The van der Waals surface area contributed by atoms with Gasteiger partial charge in [-0.05, 0) is 43.9 Å². The van der Waals surface area contributed by atoms with Crippen molar-refractivity contribution in [3.63, 3.8) is 0 Å². The highest BCUT2D eigenvalue weighted by Gasteiger charge is 2.47. The lowest BCUT2D eigenvalue weighted by Crippen LogP contribution is -2.59. The van der Waals surface area contributed by atoms with E-state index in [2.05, 4.69) is 25.2 Å². The van der Waals surface area contributed by atoms with Gasteiger partial charge in [0.25, 0.3) is 0 Å². The van der Waals surface area contributed by atoms with Gasteiger partial charge in [-0.1, -0.05) is 12.1 Å². The molecule has 2 aromatic rings. The molecule has 9 nitrogen and oxygen atoms in total. The number of aryl methyl sites for hydroxylation is 1. The van der Waals surface area contributed by atoms with E-state index in [1.54, 1.807) is 0 Å². The molecule has 0 radical (unpaired) electrons. The Morgan fingerprint density at radius 1 is 1.24 bits per heavy atom. The first-order valence-electron chi connectivity index (χ1n) is 10.0.